The lowest BCUT2D eigenvalue weighted by molar-refractivity contribution is 0.187. The van der Waals surface area contributed by atoms with Gasteiger partial charge in [-0.05, 0) is 31.9 Å². The maximum atomic E-state index is 13.7. The Balaban J connectivity index is 2.86. The lowest BCUT2D eigenvalue weighted by atomic mass is 10.1. The van der Waals surface area contributed by atoms with Gasteiger partial charge in [-0.2, -0.15) is 0 Å². The normalized spacial score (nSPS) is 11.8. The summed E-state index contributed by atoms with van der Waals surface area (Å²) in [4.78, 5) is 2.25. The van der Waals surface area contributed by atoms with E-state index in [0.717, 1.165) is 6.54 Å². The van der Waals surface area contributed by atoms with Gasteiger partial charge in [0.05, 0.1) is 0 Å². The van der Waals surface area contributed by atoms with E-state index >= 15 is 0 Å². The Morgan fingerprint density at radius 3 is 2.35 bits per heavy atom. The molecule has 0 aliphatic heterocycles. The van der Waals surface area contributed by atoms with Crippen LogP contribution in [0.15, 0.2) is 18.2 Å². The van der Waals surface area contributed by atoms with E-state index in [1.807, 2.05) is 0 Å². The van der Waals surface area contributed by atoms with E-state index < -0.39 is 0 Å². The van der Waals surface area contributed by atoms with Crippen LogP contribution in [-0.4, -0.2) is 17.5 Å². The second-order valence-electron chi connectivity index (χ2n) is 5.22. The SMILES string of the molecule is CC(C)CN(Cc1c(N)cccc1F)C(C)C. The molecule has 0 amide bonds. The highest BCUT2D eigenvalue weighted by Gasteiger charge is 2.15. The molecule has 0 bridgehead atoms. The maximum Gasteiger partial charge on any atom is 0.129 e. The Kier molecular flexibility index (Phi) is 4.94. The lowest BCUT2D eigenvalue weighted by Gasteiger charge is -2.28. The lowest BCUT2D eigenvalue weighted by Crippen LogP contribution is -2.34. The van der Waals surface area contributed by atoms with Crippen molar-refractivity contribution in [3.05, 3.63) is 29.6 Å². The molecule has 0 radical (unpaired) electrons. The fraction of sp³-hybridized carbons (Fsp3) is 0.571. The third-order valence-electron chi connectivity index (χ3n) is 2.85. The van der Waals surface area contributed by atoms with Crippen molar-refractivity contribution in [1.29, 1.82) is 0 Å². The number of nitrogen functional groups attached to an aromatic ring is 1. The predicted octanol–water partition coefficient (Wildman–Crippen LogP) is 3.27. The topological polar surface area (TPSA) is 29.3 Å². The molecule has 0 aromatic heterocycles. The van der Waals surface area contributed by atoms with Gasteiger partial charge in [0.1, 0.15) is 5.82 Å². The summed E-state index contributed by atoms with van der Waals surface area (Å²) in [5, 5.41) is 0. The molecule has 0 saturated carbocycles. The van der Waals surface area contributed by atoms with E-state index in [0.29, 0.717) is 29.8 Å². The molecular formula is C14H23FN2. The molecule has 3 heteroatoms. The summed E-state index contributed by atoms with van der Waals surface area (Å²) in [5.74, 6) is 0.352. The monoisotopic (exact) mass is 238 g/mol. The third kappa shape index (κ3) is 4.00. The third-order valence-corrected chi connectivity index (χ3v) is 2.85. The molecule has 0 saturated heterocycles. The zero-order valence-corrected chi connectivity index (χ0v) is 11.2. The number of anilines is 1. The summed E-state index contributed by atoms with van der Waals surface area (Å²) in [6.07, 6.45) is 0. The van der Waals surface area contributed by atoms with Gasteiger partial charge in [-0.3, -0.25) is 4.90 Å². The van der Waals surface area contributed by atoms with Gasteiger partial charge in [-0.1, -0.05) is 19.9 Å². The molecule has 1 aromatic carbocycles. The summed E-state index contributed by atoms with van der Waals surface area (Å²) in [7, 11) is 0. The smallest absolute Gasteiger partial charge is 0.129 e. The second kappa shape index (κ2) is 6.01. The van der Waals surface area contributed by atoms with E-state index in [-0.39, 0.29) is 5.82 Å². The van der Waals surface area contributed by atoms with Gasteiger partial charge in [0.25, 0.3) is 0 Å². The average Bonchev–Trinajstić information content (AvgIpc) is 2.21. The van der Waals surface area contributed by atoms with E-state index in [2.05, 4.69) is 32.6 Å². The van der Waals surface area contributed by atoms with Crippen molar-refractivity contribution in [3.8, 4) is 0 Å². The molecule has 0 fully saturated rings. The van der Waals surface area contributed by atoms with Crippen molar-refractivity contribution in [2.75, 3.05) is 12.3 Å². The van der Waals surface area contributed by atoms with Crippen molar-refractivity contribution in [2.24, 2.45) is 5.92 Å². The number of hydrogen-bond acceptors (Lipinski definition) is 2. The minimum Gasteiger partial charge on any atom is -0.398 e. The number of nitrogens with zero attached hydrogens (tertiary/aromatic N) is 1. The molecule has 0 spiro atoms. The van der Waals surface area contributed by atoms with E-state index in [9.17, 15) is 4.39 Å². The first-order valence-electron chi connectivity index (χ1n) is 6.18. The van der Waals surface area contributed by atoms with Crippen LogP contribution in [0, 0.1) is 11.7 Å². The van der Waals surface area contributed by atoms with Crippen molar-refractivity contribution >= 4 is 5.69 Å². The quantitative estimate of drug-likeness (QED) is 0.798. The number of hydrogen-bond donors (Lipinski definition) is 1. The van der Waals surface area contributed by atoms with E-state index in [4.69, 9.17) is 5.73 Å². The van der Waals surface area contributed by atoms with Crippen LogP contribution in [0.3, 0.4) is 0 Å². The highest BCUT2D eigenvalue weighted by molar-refractivity contribution is 5.47. The number of halogens is 1. The van der Waals surface area contributed by atoms with Crippen LogP contribution >= 0.6 is 0 Å². The van der Waals surface area contributed by atoms with Gasteiger partial charge in [0.2, 0.25) is 0 Å². The largest absolute Gasteiger partial charge is 0.398 e. The Bertz CT molecular complexity index is 341. The van der Waals surface area contributed by atoms with Gasteiger partial charge >= 0.3 is 0 Å². The van der Waals surface area contributed by atoms with Crippen LogP contribution in [0.1, 0.15) is 33.3 Å². The fourth-order valence-corrected chi connectivity index (χ4v) is 1.87. The Morgan fingerprint density at radius 2 is 1.88 bits per heavy atom. The van der Waals surface area contributed by atoms with Crippen LogP contribution in [0.2, 0.25) is 0 Å². The van der Waals surface area contributed by atoms with Crippen LogP contribution in [0.25, 0.3) is 0 Å². The van der Waals surface area contributed by atoms with Crippen LogP contribution in [-0.2, 0) is 6.54 Å². The van der Waals surface area contributed by atoms with Crippen LogP contribution in [0.4, 0.5) is 10.1 Å². The molecule has 1 aromatic rings. The van der Waals surface area contributed by atoms with E-state index in [1.54, 1.807) is 12.1 Å². The number of nitrogens with two attached hydrogens (primary N) is 1. The van der Waals surface area contributed by atoms with Gasteiger partial charge in [0, 0.05) is 30.4 Å². The fourth-order valence-electron chi connectivity index (χ4n) is 1.87. The Hall–Kier alpha value is -1.09. The molecular weight excluding hydrogens is 215 g/mol. The first-order valence-corrected chi connectivity index (χ1v) is 6.18. The van der Waals surface area contributed by atoms with Crippen LogP contribution in [0.5, 0.6) is 0 Å². The first kappa shape index (κ1) is 14.0. The molecule has 2 N–H and O–H groups in total. The van der Waals surface area contributed by atoms with Crippen molar-refractivity contribution in [2.45, 2.75) is 40.3 Å². The van der Waals surface area contributed by atoms with Crippen molar-refractivity contribution in [1.82, 2.24) is 4.90 Å². The molecule has 0 unspecified atom stereocenters. The van der Waals surface area contributed by atoms with Gasteiger partial charge < -0.3 is 5.73 Å². The molecule has 0 aliphatic carbocycles. The first-order chi connectivity index (χ1) is 7.91. The minimum absolute atomic E-state index is 0.209. The summed E-state index contributed by atoms with van der Waals surface area (Å²) < 4.78 is 13.7. The van der Waals surface area contributed by atoms with Gasteiger partial charge in [-0.25, -0.2) is 4.39 Å². The summed E-state index contributed by atoms with van der Waals surface area (Å²) in [5.41, 5.74) is 6.99. The minimum atomic E-state index is -0.209. The van der Waals surface area contributed by atoms with Gasteiger partial charge in [-0.15, -0.1) is 0 Å². The Morgan fingerprint density at radius 1 is 1.24 bits per heavy atom. The number of rotatable bonds is 5. The molecule has 2 nitrogen and oxygen atoms in total. The standard InChI is InChI=1S/C14H23FN2/c1-10(2)8-17(11(3)4)9-12-13(15)6-5-7-14(12)16/h5-7,10-11H,8-9,16H2,1-4H3. The molecule has 0 atom stereocenters. The molecule has 96 valence electrons. The average molecular weight is 238 g/mol. The summed E-state index contributed by atoms with van der Waals surface area (Å²) >= 11 is 0. The molecule has 1 rings (SSSR count). The predicted molar refractivity (Wildman–Crippen MR) is 71.2 cm³/mol. The van der Waals surface area contributed by atoms with Crippen LogP contribution < -0.4 is 5.73 Å². The highest BCUT2D eigenvalue weighted by Crippen LogP contribution is 2.19. The van der Waals surface area contributed by atoms with E-state index in [1.165, 1.54) is 6.07 Å². The summed E-state index contributed by atoms with van der Waals surface area (Å²) in [6, 6.07) is 5.26. The second-order valence-corrected chi connectivity index (χ2v) is 5.22. The Labute approximate surface area is 104 Å². The zero-order chi connectivity index (χ0) is 13.0. The highest BCUT2D eigenvalue weighted by atomic mass is 19.1. The van der Waals surface area contributed by atoms with Crippen molar-refractivity contribution in [3.63, 3.8) is 0 Å². The molecule has 17 heavy (non-hydrogen) atoms. The molecule has 0 aliphatic rings. The molecule has 0 heterocycles. The summed E-state index contributed by atoms with van der Waals surface area (Å²) in [6.45, 7) is 10.1. The van der Waals surface area contributed by atoms with Crippen molar-refractivity contribution < 1.29 is 4.39 Å². The van der Waals surface area contributed by atoms with Gasteiger partial charge in [0.15, 0.2) is 0 Å². The number of benzene rings is 1. The zero-order valence-electron chi connectivity index (χ0n) is 11.2. The maximum absolute atomic E-state index is 13.7.